The van der Waals surface area contributed by atoms with Crippen LogP contribution in [-0.4, -0.2) is 25.0 Å². The summed E-state index contributed by atoms with van der Waals surface area (Å²) in [5, 5.41) is 6.53. The minimum Gasteiger partial charge on any atom is -0.353 e. The quantitative estimate of drug-likeness (QED) is 0.752. The fourth-order valence-corrected chi connectivity index (χ4v) is 3.61. The number of rotatable bonds is 3. The van der Waals surface area contributed by atoms with Crippen molar-refractivity contribution in [1.82, 2.24) is 10.6 Å². The molecule has 0 spiro atoms. The Bertz CT molecular complexity index is 288. The van der Waals surface area contributed by atoms with Crippen LogP contribution in [0.2, 0.25) is 0 Å². The van der Waals surface area contributed by atoms with E-state index >= 15 is 0 Å². The van der Waals surface area contributed by atoms with E-state index in [0.29, 0.717) is 17.9 Å². The van der Waals surface area contributed by atoms with Crippen molar-refractivity contribution in [3.8, 4) is 0 Å². The van der Waals surface area contributed by atoms with Crippen molar-refractivity contribution in [2.45, 2.75) is 38.6 Å². The van der Waals surface area contributed by atoms with Gasteiger partial charge in [-0.25, -0.2) is 0 Å². The Morgan fingerprint density at radius 2 is 2.12 bits per heavy atom. The lowest BCUT2D eigenvalue weighted by molar-refractivity contribution is -0.127. The second-order valence-electron chi connectivity index (χ2n) is 6.00. The summed E-state index contributed by atoms with van der Waals surface area (Å²) in [6.07, 6.45) is 5.35. The summed E-state index contributed by atoms with van der Waals surface area (Å²) in [4.78, 5) is 12.1. The zero-order valence-corrected chi connectivity index (χ0v) is 10.0. The first-order chi connectivity index (χ1) is 7.74. The lowest BCUT2D eigenvalue weighted by atomic mass is 9.87. The van der Waals surface area contributed by atoms with Gasteiger partial charge in [-0.15, -0.1) is 0 Å². The molecule has 0 aromatic carbocycles. The molecule has 0 aromatic heterocycles. The molecule has 3 heteroatoms. The topological polar surface area (TPSA) is 41.1 Å². The molecular formula is C13H22N2O. The van der Waals surface area contributed by atoms with Crippen LogP contribution in [0.5, 0.6) is 0 Å². The average molecular weight is 222 g/mol. The van der Waals surface area contributed by atoms with E-state index in [1.165, 1.54) is 25.7 Å². The highest BCUT2D eigenvalue weighted by atomic mass is 16.2. The number of hydrogen-bond donors (Lipinski definition) is 2. The molecule has 0 radical (unpaired) electrons. The molecule has 4 atom stereocenters. The Balaban J connectivity index is 1.52. The summed E-state index contributed by atoms with van der Waals surface area (Å²) in [6.45, 7) is 4.12. The molecule has 2 aliphatic carbocycles. The lowest BCUT2D eigenvalue weighted by Crippen LogP contribution is -2.51. The average Bonchev–Trinajstić information content (AvgIpc) is 2.76. The lowest BCUT2D eigenvalue weighted by Gasteiger charge is -2.33. The van der Waals surface area contributed by atoms with Crippen LogP contribution in [0.1, 0.15) is 32.6 Å². The highest BCUT2D eigenvalue weighted by molar-refractivity contribution is 5.79. The zero-order chi connectivity index (χ0) is 11.1. The first-order valence-corrected chi connectivity index (χ1v) is 6.75. The van der Waals surface area contributed by atoms with E-state index in [4.69, 9.17) is 0 Å². The van der Waals surface area contributed by atoms with E-state index in [2.05, 4.69) is 17.6 Å². The van der Waals surface area contributed by atoms with Crippen molar-refractivity contribution in [1.29, 1.82) is 0 Å². The Labute approximate surface area is 97.4 Å². The van der Waals surface area contributed by atoms with Crippen LogP contribution in [0.3, 0.4) is 0 Å². The predicted molar refractivity (Wildman–Crippen MR) is 62.9 cm³/mol. The highest BCUT2D eigenvalue weighted by Crippen LogP contribution is 2.44. The maximum Gasteiger partial charge on any atom is 0.223 e. The van der Waals surface area contributed by atoms with Crippen LogP contribution >= 0.6 is 0 Å². The van der Waals surface area contributed by atoms with Gasteiger partial charge in [0.05, 0.1) is 0 Å². The summed E-state index contributed by atoms with van der Waals surface area (Å²) in [5.74, 6) is 2.76. The summed E-state index contributed by atoms with van der Waals surface area (Å²) >= 11 is 0. The monoisotopic (exact) mass is 222 g/mol. The van der Waals surface area contributed by atoms with Crippen LogP contribution < -0.4 is 10.6 Å². The summed E-state index contributed by atoms with van der Waals surface area (Å²) in [7, 11) is 0. The van der Waals surface area contributed by atoms with Crippen LogP contribution in [0, 0.1) is 23.7 Å². The first kappa shape index (κ1) is 10.6. The molecule has 3 fully saturated rings. The first-order valence-electron chi connectivity index (χ1n) is 6.75. The number of nitrogens with one attached hydrogen (secondary N) is 2. The Kier molecular flexibility index (Phi) is 2.66. The van der Waals surface area contributed by atoms with E-state index in [0.717, 1.165) is 24.9 Å². The Morgan fingerprint density at radius 3 is 2.62 bits per heavy atom. The third-order valence-electron chi connectivity index (χ3n) is 5.00. The van der Waals surface area contributed by atoms with Crippen LogP contribution in [-0.2, 0) is 4.79 Å². The molecule has 1 aliphatic heterocycles. The highest BCUT2D eigenvalue weighted by Gasteiger charge is 2.41. The second kappa shape index (κ2) is 4.02. The third-order valence-corrected chi connectivity index (χ3v) is 5.00. The molecule has 3 nitrogen and oxygen atoms in total. The maximum absolute atomic E-state index is 12.1. The van der Waals surface area contributed by atoms with Gasteiger partial charge in [-0.2, -0.15) is 0 Å². The third kappa shape index (κ3) is 1.75. The number of hydrogen-bond acceptors (Lipinski definition) is 2. The molecule has 2 N–H and O–H groups in total. The molecule has 2 bridgehead atoms. The van der Waals surface area contributed by atoms with E-state index in [9.17, 15) is 4.79 Å². The molecule has 2 saturated carbocycles. The molecule has 1 amide bonds. The SMILES string of the molecule is CC(C(=O)NC1CC2CCC1C2)C1CNC1. The van der Waals surface area contributed by atoms with Crippen LogP contribution in [0.25, 0.3) is 0 Å². The second-order valence-corrected chi connectivity index (χ2v) is 6.00. The van der Waals surface area contributed by atoms with E-state index < -0.39 is 0 Å². The van der Waals surface area contributed by atoms with E-state index in [-0.39, 0.29) is 5.92 Å². The summed E-state index contributed by atoms with van der Waals surface area (Å²) < 4.78 is 0. The van der Waals surface area contributed by atoms with Crippen LogP contribution in [0.4, 0.5) is 0 Å². The van der Waals surface area contributed by atoms with Crippen molar-refractivity contribution in [2.75, 3.05) is 13.1 Å². The summed E-state index contributed by atoms with van der Waals surface area (Å²) in [5.41, 5.74) is 0. The van der Waals surface area contributed by atoms with Gasteiger partial charge in [0.25, 0.3) is 0 Å². The van der Waals surface area contributed by atoms with Crippen molar-refractivity contribution < 1.29 is 4.79 Å². The number of carbonyl (C=O) groups is 1. The molecule has 16 heavy (non-hydrogen) atoms. The van der Waals surface area contributed by atoms with Crippen molar-refractivity contribution >= 4 is 5.91 Å². The Hall–Kier alpha value is -0.570. The molecule has 1 saturated heterocycles. The molecule has 0 aromatic rings. The fourth-order valence-electron chi connectivity index (χ4n) is 3.61. The molecule has 1 heterocycles. The smallest absolute Gasteiger partial charge is 0.223 e. The van der Waals surface area contributed by atoms with E-state index in [1.807, 2.05) is 0 Å². The fraction of sp³-hybridized carbons (Fsp3) is 0.923. The van der Waals surface area contributed by atoms with Gasteiger partial charge in [0.2, 0.25) is 5.91 Å². The van der Waals surface area contributed by atoms with Crippen molar-refractivity contribution in [3.05, 3.63) is 0 Å². The minimum absolute atomic E-state index is 0.195. The van der Waals surface area contributed by atoms with Gasteiger partial charge >= 0.3 is 0 Å². The maximum atomic E-state index is 12.1. The number of fused-ring (bicyclic) bond motifs is 2. The van der Waals surface area contributed by atoms with Crippen molar-refractivity contribution in [3.63, 3.8) is 0 Å². The normalized spacial score (nSPS) is 39.4. The predicted octanol–water partition coefficient (Wildman–Crippen LogP) is 1.15. The van der Waals surface area contributed by atoms with Crippen molar-refractivity contribution in [2.24, 2.45) is 23.7 Å². The Morgan fingerprint density at radius 1 is 1.31 bits per heavy atom. The minimum atomic E-state index is 0.195. The molecule has 3 rings (SSSR count). The van der Waals surface area contributed by atoms with Gasteiger partial charge in [-0.3, -0.25) is 4.79 Å². The van der Waals surface area contributed by atoms with Crippen LogP contribution in [0.15, 0.2) is 0 Å². The standard InChI is InChI=1S/C13H22N2O/c1-8(11-6-14-7-11)13(16)15-12-5-9-2-3-10(12)4-9/h8-12,14H,2-7H2,1H3,(H,15,16). The van der Waals surface area contributed by atoms with E-state index in [1.54, 1.807) is 0 Å². The van der Waals surface area contributed by atoms with Gasteiger partial charge in [0, 0.05) is 12.0 Å². The largest absolute Gasteiger partial charge is 0.353 e. The molecule has 90 valence electrons. The van der Waals surface area contributed by atoms with Gasteiger partial charge < -0.3 is 10.6 Å². The van der Waals surface area contributed by atoms with Gasteiger partial charge in [0.1, 0.15) is 0 Å². The number of carbonyl (C=O) groups excluding carboxylic acids is 1. The van der Waals surface area contributed by atoms with Gasteiger partial charge in [-0.1, -0.05) is 13.3 Å². The molecular weight excluding hydrogens is 200 g/mol. The molecule has 3 aliphatic rings. The molecule has 4 unspecified atom stereocenters. The van der Waals surface area contributed by atoms with Gasteiger partial charge in [0.15, 0.2) is 0 Å². The summed E-state index contributed by atoms with van der Waals surface area (Å²) in [6, 6.07) is 0.502. The zero-order valence-electron chi connectivity index (χ0n) is 10.0. The van der Waals surface area contributed by atoms with Gasteiger partial charge in [-0.05, 0) is 50.1 Å². The number of amides is 1.